The Labute approximate surface area is 495 Å². The van der Waals surface area contributed by atoms with E-state index in [0.717, 1.165) is 148 Å². The molecule has 0 aliphatic carbocycles. The van der Waals surface area contributed by atoms with Crippen LogP contribution >= 0.6 is 0 Å². The van der Waals surface area contributed by atoms with Crippen LogP contribution in [0.3, 0.4) is 0 Å². The molecular weight excluding hydrogens is 1010 g/mol. The maximum absolute atomic E-state index is 12.9. The molecule has 1 N–H and O–H groups in total. The van der Waals surface area contributed by atoms with Gasteiger partial charge in [-0.25, -0.2) is 4.79 Å². The molecule has 0 fully saturated rings. The van der Waals surface area contributed by atoms with Crippen molar-refractivity contribution in [3.8, 4) is 0 Å². The van der Waals surface area contributed by atoms with Gasteiger partial charge in [-0.2, -0.15) is 0 Å². The number of carboxylic acid groups (broad SMARTS) is 1. The quantitative estimate of drug-likeness (QED) is 0.0211. The number of rotatable bonds is 56. The predicted octanol–water partition coefficient (Wildman–Crippen LogP) is 19.3. The van der Waals surface area contributed by atoms with Crippen molar-refractivity contribution in [3.05, 3.63) is 158 Å². The molecule has 0 aliphatic rings. The van der Waals surface area contributed by atoms with Crippen molar-refractivity contribution in [2.75, 3.05) is 47.5 Å². The Hall–Kier alpha value is -5.09. The minimum absolute atomic E-state index is 0.176. The van der Waals surface area contributed by atoms with Gasteiger partial charge in [-0.15, -0.1) is 0 Å². The molecule has 81 heavy (non-hydrogen) atoms. The maximum atomic E-state index is 12.9. The molecule has 0 bridgehead atoms. The highest BCUT2D eigenvalue weighted by Crippen LogP contribution is 2.15. The zero-order valence-electron chi connectivity index (χ0n) is 51.9. The van der Waals surface area contributed by atoms with E-state index >= 15 is 0 Å². The number of carbonyl (C=O) groups is 3. The van der Waals surface area contributed by atoms with E-state index in [1.54, 1.807) is 0 Å². The SMILES string of the molecule is CC/C=C\C/C=C\C/C=C\C/C=C\C/C=C\C/C=C\C/C=C\C/C=C\C/C=C\C/C=C\CCCCCCCCCCCCC(=O)OC(COC(=O)CCCCCCC/C=C\C/C=C\C/C=C\CC)COC(OCC[N+](C)(C)C)C(=O)O. The van der Waals surface area contributed by atoms with E-state index in [2.05, 4.69) is 172 Å². The van der Waals surface area contributed by atoms with Crippen LogP contribution in [0.2, 0.25) is 0 Å². The second-order valence-electron chi connectivity index (χ2n) is 21.6. The van der Waals surface area contributed by atoms with Crippen molar-refractivity contribution in [3.63, 3.8) is 0 Å². The van der Waals surface area contributed by atoms with Crippen molar-refractivity contribution in [2.24, 2.45) is 0 Å². The highest BCUT2D eigenvalue weighted by atomic mass is 16.7. The number of ether oxygens (including phenoxy) is 4. The molecule has 0 rings (SSSR count). The van der Waals surface area contributed by atoms with Gasteiger partial charge in [0.05, 0.1) is 34.4 Å². The second-order valence-corrected chi connectivity index (χ2v) is 21.6. The molecule has 456 valence electrons. The molecular formula is C72H116NO8+. The largest absolute Gasteiger partial charge is 0.477 e. The van der Waals surface area contributed by atoms with Crippen molar-refractivity contribution >= 4 is 17.9 Å². The summed E-state index contributed by atoms with van der Waals surface area (Å²) >= 11 is 0. The Kier molecular flexibility index (Phi) is 57.2. The molecule has 0 heterocycles. The van der Waals surface area contributed by atoms with Crippen LogP contribution in [0.25, 0.3) is 0 Å². The lowest BCUT2D eigenvalue weighted by atomic mass is 10.0. The van der Waals surface area contributed by atoms with Crippen molar-refractivity contribution in [1.82, 2.24) is 0 Å². The fourth-order valence-corrected chi connectivity index (χ4v) is 8.00. The van der Waals surface area contributed by atoms with Crippen LogP contribution in [0.1, 0.15) is 219 Å². The summed E-state index contributed by atoms with van der Waals surface area (Å²) in [5.74, 6) is -2.05. The van der Waals surface area contributed by atoms with E-state index in [9.17, 15) is 19.5 Å². The molecule has 0 saturated carbocycles. The van der Waals surface area contributed by atoms with Gasteiger partial charge in [-0.3, -0.25) is 9.59 Å². The average Bonchev–Trinajstić information content (AvgIpc) is 3.44. The molecule has 9 heteroatoms. The Morgan fingerprint density at radius 3 is 0.988 bits per heavy atom. The van der Waals surface area contributed by atoms with Crippen LogP contribution in [0.4, 0.5) is 0 Å². The van der Waals surface area contributed by atoms with Crippen LogP contribution in [0, 0.1) is 0 Å². The molecule has 0 aromatic rings. The number of nitrogens with zero attached hydrogens (tertiary/aromatic N) is 1. The summed E-state index contributed by atoms with van der Waals surface area (Å²) in [5, 5.41) is 9.70. The fraction of sp³-hybridized carbons (Fsp3) is 0.597. The third-order valence-corrected chi connectivity index (χ3v) is 12.8. The molecule has 0 spiro atoms. The summed E-state index contributed by atoms with van der Waals surface area (Å²) in [4.78, 5) is 37.4. The van der Waals surface area contributed by atoms with Gasteiger partial charge in [0.2, 0.25) is 0 Å². The number of aliphatic carboxylic acids is 1. The molecule has 0 saturated heterocycles. The predicted molar refractivity (Wildman–Crippen MR) is 345 cm³/mol. The van der Waals surface area contributed by atoms with Crippen molar-refractivity contribution in [2.45, 2.75) is 232 Å². The Morgan fingerprint density at radius 2 is 0.667 bits per heavy atom. The number of likely N-dealkylation sites (N-methyl/N-ethyl adjacent to an activating group) is 1. The summed E-state index contributed by atoms with van der Waals surface area (Å²) in [6.45, 7) is 4.60. The zero-order chi connectivity index (χ0) is 59.1. The summed E-state index contributed by atoms with van der Waals surface area (Å²) in [5.41, 5.74) is 0. The first kappa shape index (κ1) is 75.9. The Balaban J connectivity index is 4.15. The first-order valence-corrected chi connectivity index (χ1v) is 31.6. The summed E-state index contributed by atoms with van der Waals surface area (Å²) in [6.07, 6.45) is 87.7. The smallest absolute Gasteiger partial charge is 0.361 e. The van der Waals surface area contributed by atoms with Crippen LogP contribution < -0.4 is 0 Å². The third-order valence-electron chi connectivity index (χ3n) is 12.8. The summed E-state index contributed by atoms with van der Waals surface area (Å²) in [7, 11) is 5.95. The molecule has 2 atom stereocenters. The molecule has 0 aromatic carbocycles. The van der Waals surface area contributed by atoms with E-state index in [1.807, 2.05) is 21.1 Å². The first-order chi connectivity index (χ1) is 39.6. The van der Waals surface area contributed by atoms with Gasteiger partial charge in [-0.05, 0) is 122 Å². The summed E-state index contributed by atoms with van der Waals surface area (Å²) in [6, 6.07) is 0. The number of hydrogen-bond acceptors (Lipinski definition) is 7. The van der Waals surface area contributed by atoms with Gasteiger partial charge >= 0.3 is 17.9 Å². The van der Waals surface area contributed by atoms with Gasteiger partial charge in [0.15, 0.2) is 6.10 Å². The highest BCUT2D eigenvalue weighted by Gasteiger charge is 2.25. The normalized spacial score (nSPS) is 13.8. The Bertz CT molecular complexity index is 1880. The van der Waals surface area contributed by atoms with Crippen LogP contribution in [-0.2, 0) is 33.3 Å². The number of carbonyl (C=O) groups excluding carboxylic acids is 2. The van der Waals surface area contributed by atoms with Gasteiger partial charge in [-0.1, -0.05) is 242 Å². The van der Waals surface area contributed by atoms with Crippen LogP contribution in [0.15, 0.2) is 158 Å². The summed E-state index contributed by atoms with van der Waals surface area (Å²) < 4.78 is 22.8. The Morgan fingerprint density at radius 1 is 0.370 bits per heavy atom. The monoisotopic (exact) mass is 1120 g/mol. The maximum Gasteiger partial charge on any atom is 0.361 e. The average molecular weight is 1120 g/mol. The number of carboxylic acids is 1. The topological polar surface area (TPSA) is 108 Å². The van der Waals surface area contributed by atoms with Gasteiger partial charge in [0.1, 0.15) is 13.2 Å². The van der Waals surface area contributed by atoms with Crippen LogP contribution in [0.5, 0.6) is 0 Å². The lowest BCUT2D eigenvalue weighted by Crippen LogP contribution is -2.40. The highest BCUT2D eigenvalue weighted by molar-refractivity contribution is 5.71. The standard InChI is InChI=1S/C72H115NO8/c1-6-8-10-12-14-16-18-20-22-23-24-25-26-27-28-29-30-31-32-33-34-35-36-37-38-39-40-41-42-43-44-45-46-47-49-51-53-55-57-59-61-63-70(75)81-68(67-80-72(71(76)77)78-65-64-73(3,4)5)66-79-69(74)62-60-58-56-54-52-50-48-21-19-17-15-13-11-9-7-2/h8-11,14-17,20-22,24-25,27-28,30-31,33-34,36-37,39-40,42-43,48,68,72H,6-7,12-13,18-19,23,26,29,32,35,38,41,44-47,49-67H2,1-5H3/p+1/b10-8-,11-9-,16-14-,17-15-,22-20-,25-24-,28-27-,31-30-,34-33-,37-36-,40-39-,43-42-,48-21-. The van der Waals surface area contributed by atoms with Crippen molar-refractivity contribution < 1.29 is 42.9 Å². The van der Waals surface area contributed by atoms with E-state index in [-0.39, 0.29) is 38.6 Å². The van der Waals surface area contributed by atoms with Gasteiger partial charge < -0.3 is 28.5 Å². The van der Waals surface area contributed by atoms with E-state index in [0.29, 0.717) is 17.4 Å². The van der Waals surface area contributed by atoms with Gasteiger partial charge in [0, 0.05) is 12.8 Å². The van der Waals surface area contributed by atoms with Crippen molar-refractivity contribution in [1.29, 1.82) is 0 Å². The minimum Gasteiger partial charge on any atom is -0.477 e. The van der Waals surface area contributed by atoms with Crippen LogP contribution in [-0.4, -0.2) is 87.4 Å². The van der Waals surface area contributed by atoms with E-state index < -0.39 is 24.3 Å². The molecule has 0 amide bonds. The molecule has 0 aromatic heterocycles. The lowest BCUT2D eigenvalue weighted by molar-refractivity contribution is -0.870. The van der Waals surface area contributed by atoms with Gasteiger partial charge in [0.25, 0.3) is 6.29 Å². The zero-order valence-corrected chi connectivity index (χ0v) is 51.9. The number of allylic oxidation sites excluding steroid dienone is 26. The molecule has 0 radical (unpaired) electrons. The van der Waals surface area contributed by atoms with E-state index in [4.69, 9.17) is 18.9 Å². The lowest BCUT2D eigenvalue weighted by Gasteiger charge is -2.25. The minimum atomic E-state index is -1.52. The second kappa shape index (κ2) is 61.0. The first-order valence-electron chi connectivity index (χ1n) is 31.6. The number of hydrogen-bond donors (Lipinski definition) is 1. The van der Waals surface area contributed by atoms with E-state index in [1.165, 1.54) is 38.5 Å². The fourth-order valence-electron chi connectivity index (χ4n) is 8.00. The molecule has 2 unspecified atom stereocenters. The number of unbranched alkanes of at least 4 members (excludes halogenated alkanes) is 15. The number of esters is 2. The number of quaternary nitrogens is 1. The third kappa shape index (κ3) is 62.4. The molecule has 9 nitrogen and oxygen atoms in total. The molecule has 0 aliphatic heterocycles.